The van der Waals surface area contributed by atoms with E-state index >= 15 is 0 Å². The third-order valence-corrected chi connectivity index (χ3v) is 10.9. The van der Waals surface area contributed by atoms with E-state index in [1.54, 1.807) is 11.1 Å². The van der Waals surface area contributed by atoms with Crippen LogP contribution in [-0.4, -0.2) is 7.37 Å². The molecule has 0 saturated carbocycles. The molecule has 1 aliphatic rings. The van der Waals surface area contributed by atoms with Gasteiger partial charge in [-0.1, -0.05) is 0 Å². The minimum Gasteiger partial charge on any atom is -1.00 e. The van der Waals surface area contributed by atoms with Crippen LogP contribution >= 0.6 is 0 Å². The summed E-state index contributed by atoms with van der Waals surface area (Å²) in [7, 11) is 1.47. The van der Waals surface area contributed by atoms with Crippen molar-refractivity contribution < 1.29 is 45.7 Å². The molecule has 4 heteroatoms. The van der Waals surface area contributed by atoms with Crippen LogP contribution in [0.15, 0.2) is 29.8 Å². The van der Waals surface area contributed by atoms with Gasteiger partial charge in [0.15, 0.2) is 0 Å². The van der Waals surface area contributed by atoms with Crippen LogP contribution in [-0.2, 0) is 20.9 Å². The van der Waals surface area contributed by atoms with Gasteiger partial charge >= 0.3 is 90.5 Å². The zero-order valence-electron chi connectivity index (χ0n) is 9.22. The van der Waals surface area contributed by atoms with Crippen molar-refractivity contribution in [3.63, 3.8) is 0 Å². The minimum atomic E-state index is -0.986. The fraction of sp³-hybridized carbons (Fsp3) is 0.273. The Hall–Kier alpha value is 0.640. The summed E-state index contributed by atoms with van der Waals surface area (Å²) in [5.41, 5.74) is 4.75. The van der Waals surface area contributed by atoms with Gasteiger partial charge < -0.3 is 24.8 Å². The summed E-state index contributed by atoms with van der Waals surface area (Å²) in [6.45, 7) is 2.31. The van der Waals surface area contributed by atoms with Gasteiger partial charge in [0.2, 0.25) is 0 Å². The molecule has 1 atom stereocenters. The number of hydrogen-bond donors (Lipinski definition) is 0. The Balaban J connectivity index is 0.000000980. The molecule has 1 aliphatic carbocycles. The third-order valence-electron chi connectivity index (χ3n) is 2.72. The van der Waals surface area contributed by atoms with Gasteiger partial charge in [-0.15, -0.1) is 0 Å². The van der Waals surface area contributed by atoms with E-state index in [1.165, 1.54) is 12.9 Å². The number of fused-ring (bicyclic) bond motifs is 1. The molecule has 1 unspecified atom stereocenters. The number of benzene rings is 1. The predicted molar refractivity (Wildman–Crippen MR) is 58.6 cm³/mol. The summed E-state index contributed by atoms with van der Waals surface area (Å²) < 4.78 is 3.46. The Kier molecular flexibility index (Phi) is 6.67. The summed E-state index contributed by atoms with van der Waals surface area (Å²) in [6, 6.07) is 8.92. The van der Waals surface area contributed by atoms with E-state index < -0.39 is 20.9 Å². The SMILES string of the molecule is CC1=Cc2ccccc2[CH]1[Zr+2]([CH3])[SiH3].[Cl-].[Cl-]. The second-order valence-electron chi connectivity index (χ2n) is 4.03. The second-order valence-corrected chi connectivity index (χ2v) is 20.1. The molecular weight excluding hydrogens is 322 g/mol. The average Bonchev–Trinajstić information content (AvgIpc) is 2.39. The van der Waals surface area contributed by atoms with E-state index in [2.05, 4.69) is 41.9 Å². The summed E-state index contributed by atoms with van der Waals surface area (Å²) in [5.74, 6) is 0. The first-order chi connectivity index (χ1) is 6.20. The van der Waals surface area contributed by atoms with Crippen LogP contribution in [0.4, 0.5) is 0 Å². The van der Waals surface area contributed by atoms with Crippen LogP contribution in [0.25, 0.3) is 6.08 Å². The van der Waals surface area contributed by atoms with Gasteiger partial charge in [0.05, 0.1) is 0 Å². The summed E-state index contributed by atoms with van der Waals surface area (Å²) in [5, 5.41) is 0. The standard InChI is InChI=1S/C10H9.CH3.2ClH.H3Si.Zr/c1-8-6-9-4-2-3-5-10(9)7-8;;;;;/h2-7H,1H3;1H3;2*1H;1H3;/q;;;;;+2/p-2. The summed E-state index contributed by atoms with van der Waals surface area (Å²) in [4.78, 5) is 0. The maximum absolute atomic E-state index is 2.55. The average molecular weight is 337 g/mol. The van der Waals surface area contributed by atoms with Crippen LogP contribution in [0, 0.1) is 0 Å². The molecule has 1 aromatic rings. The van der Waals surface area contributed by atoms with Crippen molar-refractivity contribution in [2.24, 2.45) is 0 Å². The fourth-order valence-corrected chi connectivity index (χ4v) is 11.4. The van der Waals surface area contributed by atoms with Gasteiger partial charge in [0, 0.05) is 0 Å². The Bertz CT molecular complexity index is 363. The van der Waals surface area contributed by atoms with Gasteiger partial charge in [0.1, 0.15) is 0 Å². The Morgan fingerprint density at radius 1 is 1.20 bits per heavy atom. The Morgan fingerprint density at radius 3 is 2.40 bits per heavy atom. The van der Waals surface area contributed by atoms with E-state index in [9.17, 15) is 0 Å². The summed E-state index contributed by atoms with van der Waals surface area (Å²) >= 11 is -0.986. The van der Waals surface area contributed by atoms with Crippen molar-refractivity contribution in [1.82, 2.24) is 0 Å². The van der Waals surface area contributed by atoms with Gasteiger partial charge in [-0.2, -0.15) is 0 Å². The molecule has 0 fully saturated rings. The zero-order chi connectivity index (χ0) is 9.42. The van der Waals surface area contributed by atoms with Crippen molar-refractivity contribution in [3.05, 3.63) is 41.0 Å². The number of allylic oxidation sites excluding steroid dienone is 1. The molecular formula is C11H15Cl2SiZr. The first kappa shape index (κ1) is 15.6. The molecule has 0 radical (unpaired) electrons. The maximum Gasteiger partial charge on any atom is -1.00 e. The summed E-state index contributed by atoms with van der Waals surface area (Å²) in [6.07, 6.45) is 2.39. The molecule has 81 valence electrons. The Morgan fingerprint density at radius 2 is 1.80 bits per heavy atom. The van der Waals surface area contributed by atoms with Crippen molar-refractivity contribution in [2.75, 3.05) is 0 Å². The van der Waals surface area contributed by atoms with Crippen LogP contribution in [0.5, 0.6) is 0 Å². The first-order valence-corrected chi connectivity index (χ1v) is 17.0. The Labute approximate surface area is 114 Å². The van der Waals surface area contributed by atoms with E-state index in [0.717, 1.165) is 3.63 Å². The van der Waals surface area contributed by atoms with E-state index in [4.69, 9.17) is 0 Å². The second kappa shape index (κ2) is 6.39. The molecule has 0 spiro atoms. The zero-order valence-corrected chi connectivity index (χ0v) is 15.2. The molecule has 2 rings (SSSR count). The van der Waals surface area contributed by atoms with E-state index in [-0.39, 0.29) is 24.8 Å². The van der Waals surface area contributed by atoms with Gasteiger partial charge in [0.25, 0.3) is 0 Å². The first-order valence-electron chi connectivity index (χ1n) is 4.77. The monoisotopic (exact) mass is 335 g/mol. The van der Waals surface area contributed by atoms with Crippen LogP contribution in [0.1, 0.15) is 21.7 Å². The predicted octanol–water partition coefficient (Wildman–Crippen LogP) is -3.90. The molecule has 0 saturated heterocycles. The smallest absolute Gasteiger partial charge is 1.00 e. The molecule has 0 aliphatic heterocycles. The van der Waals surface area contributed by atoms with Crippen molar-refractivity contribution >= 4 is 13.4 Å². The van der Waals surface area contributed by atoms with Crippen molar-refractivity contribution in [1.29, 1.82) is 0 Å². The molecule has 0 aromatic heterocycles. The van der Waals surface area contributed by atoms with Gasteiger partial charge in [-0.05, 0) is 0 Å². The van der Waals surface area contributed by atoms with Crippen LogP contribution in [0.2, 0.25) is 4.63 Å². The van der Waals surface area contributed by atoms with Crippen LogP contribution < -0.4 is 24.8 Å². The minimum absolute atomic E-state index is 0. The molecule has 0 heterocycles. The van der Waals surface area contributed by atoms with Gasteiger partial charge in [-0.3, -0.25) is 0 Å². The molecule has 0 N–H and O–H groups in total. The van der Waals surface area contributed by atoms with E-state index in [1.807, 2.05) is 0 Å². The molecule has 15 heavy (non-hydrogen) atoms. The molecule has 0 bridgehead atoms. The van der Waals surface area contributed by atoms with Crippen LogP contribution in [0.3, 0.4) is 0 Å². The number of hydrogen-bond acceptors (Lipinski definition) is 0. The fourth-order valence-electron chi connectivity index (χ4n) is 2.25. The number of rotatable bonds is 1. The largest absolute Gasteiger partial charge is 1.00 e. The maximum atomic E-state index is 2.55. The van der Waals surface area contributed by atoms with E-state index in [0.29, 0.717) is 0 Å². The number of halogens is 2. The molecule has 1 aromatic carbocycles. The van der Waals surface area contributed by atoms with Crippen molar-refractivity contribution in [3.8, 4) is 0 Å². The quantitative estimate of drug-likeness (QED) is 0.460. The normalized spacial score (nSPS) is 17.2. The third kappa shape index (κ3) is 3.06. The molecule has 0 nitrogen and oxygen atoms in total. The van der Waals surface area contributed by atoms with Crippen molar-refractivity contribution in [2.45, 2.75) is 15.2 Å². The molecule has 0 amide bonds. The topological polar surface area (TPSA) is 0 Å². The van der Waals surface area contributed by atoms with Gasteiger partial charge in [-0.25, -0.2) is 0 Å².